The molecule has 0 unspecified atom stereocenters. The van der Waals surface area contributed by atoms with Crippen LogP contribution in [0.25, 0.3) is 0 Å². The van der Waals surface area contributed by atoms with Crippen molar-refractivity contribution in [2.45, 2.75) is 18.3 Å². The van der Waals surface area contributed by atoms with Crippen molar-refractivity contribution in [2.24, 2.45) is 0 Å². The van der Waals surface area contributed by atoms with E-state index in [1.54, 1.807) is 12.1 Å². The molecule has 1 N–H and O–H groups in total. The Kier molecular flexibility index (Phi) is 5.23. The van der Waals surface area contributed by atoms with Crippen molar-refractivity contribution < 1.29 is 19.0 Å². The Balaban J connectivity index is 1.57. The smallest absolute Gasteiger partial charge is 0.255 e. The number of benzene rings is 2. The van der Waals surface area contributed by atoms with Crippen LogP contribution in [0, 0.1) is 0 Å². The van der Waals surface area contributed by atoms with Crippen molar-refractivity contribution in [2.75, 3.05) is 33.0 Å². The van der Waals surface area contributed by atoms with Crippen LogP contribution < -0.4 is 14.8 Å². The van der Waals surface area contributed by atoms with Gasteiger partial charge in [0, 0.05) is 30.2 Å². The van der Waals surface area contributed by atoms with Gasteiger partial charge in [0.1, 0.15) is 13.2 Å². The molecule has 6 heteroatoms. The Bertz CT molecular complexity index is 833. The number of hydrogen-bond acceptors (Lipinski definition) is 4. The van der Waals surface area contributed by atoms with Gasteiger partial charge in [-0.25, -0.2) is 0 Å². The van der Waals surface area contributed by atoms with Gasteiger partial charge in [-0.1, -0.05) is 35.9 Å². The van der Waals surface area contributed by atoms with Crippen LogP contribution in [0.2, 0.25) is 5.02 Å². The third kappa shape index (κ3) is 3.62. The number of rotatable bonds is 4. The van der Waals surface area contributed by atoms with E-state index in [0.29, 0.717) is 50.0 Å². The summed E-state index contributed by atoms with van der Waals surface area (Å²) in [6.07, 6.45) is 1.62. The lowest BCUT2D eigenvalue weighted by Crippen LogP contribution is -2.45. The van der Waals surface area contributed by atoms with E-state index in [0.717, 1.165) is 23.4 Å². The molecule has 4 rings (SSSR count). The highest BCUT2D eigenvalue weighted by atomic mass is 35.5. The summed E-state index contributed by atoms with van der Waals surface area (Å²) in [5.74, 6) is 0.955. The van der Waals surface area contributed by atoms with E-state index in [-0.39, 0.29) is 11.3 Å². The predicted molar refractivity (Wildman–Crippen MR) is 103 cm³/mol. The van der Waals surface area contributed by atoms with E-state index in [4.69, 9.17) is 25.8 Å². The molecule has 2 heterocycles. The molecule has 1 amide bonds. The molecule has 2 aliphatic heterocycles. The number of fused-ring (bicyclic) bond motifs is 1. The fraction of sp³-hybridized carbons (Fsp3) is 0.381. The van der Waals surface area contributed by atoms with Crippen LogP contribution in [0.15, 0.2) is 42.5 Å². The molecule has 0 bridgehead atoms. The van der Waals surface area contributed by atoms with Crippen molar-refractivity contribution in [1.82, 2.24) is 5.32 Å². The van der Waals surface area contributed by atoms with Crippen LogP contribution in [-0.4, -0.2) is 38.9 Å². The van der Waals surface area contributed by atoms with Gasteiger partial charge in [0.25, 0.3) is 5.91 Å². The molecule has 2 aliphatic rings. The zero-order valence-corrected chi connectivity index (χ0v) is 15.8. The lowest BCUT2D eigenvalue weighted by Gasteiger charge is -2.38. The molecular weight excluding hydrogens is 366 g/mol. The van der Waals surface area contributed by atoms with Gasteiger partial charge in [0.15, 0.2) is 11.5 Å². The van der Waals surface area contributed by atoms with Gasteiger partial charge < -0.3 is 19.5 Å². The first-order valence-electron chi connectivity index (χ1n) is 9.19. The number of carbonyl (C=O) groups is 1. The molecule has 0 aliphatic carbocycles. The second-order valence-corrected chi connectivity index (χ2v) is 7.29. The van der Waals surface area contributed by atoms with E-state index in [9.17, 15) is 4.79 Å². The van der Waals surface area contributed by atoms with Gasteiger partial charge in [0.2, 0.25) is 0 Å². The first-order valence-corrected chi connectivity index (χ1v) is 9.57. The minimum Gasteiger partial charge on any atom is -0.486 e. The van der Waals surface area contributed by atoms with E-state index in [1.165, 1.54) is 0 Å². The lowest BCUT2D eigenvalue weighted by atomic mass is 9.74. The molecule has 2 aromatic rings. The Morgan fingerprint density at radius 1 is 1.00 bits per heavy atom. The van der Waals surface area contributed by atoms with Crippen LogP contribution in [0.1, 0.15) is 28.8 Å². The molecule has 0 radical (unpaired) electrons. The number of nitrogens with one attached hydrogen (secondary N) is 1. The summed E-state index contributed by atoms with van der Waals surface area (Å²) in [5.41, 5.74) is 1.32. The largest absolute Gasteiger partial charge is 0.486 e. The molecule has 0 atom stereocenters. The monoisotopic (exact) mass is 387 g/mol. The Morgan fingerprint density at radius 2 is 1.78 bits per heavy atom. The van der Waals surface area contributed by atoms with Crippen molar-refractivity contribution in [1.29, 1.82) is 0 Å². The quantitative estimate of drug-likeness (QED) is 0.871. The topological polar surface area (TPSA) is 56.8 Å². The molecule has 2 aromatic carbocycles. The highest BCUT2D eigenvalue weighted by Gasteiger charge is 2.36. The number of ether oxygens (including phenoxy) is 3. The fourth-order valence-corrected chi connectivity index (χ4v) is 4.13. The summed E-state index contributed by atoms with van der Waals surface area (Å²) < 4.78 is 16.8. The highest BCUT2D eigenvalue weighted by Crippen LogP contribution is 2.38. The summed E-state index contributed by atoms with van der Waals surface area (Å²) in [6, 6.07) is 13.2. The molecule has 27 heavy (non-hydrogen) atoms. The van der Waals surface area contributed by atoms with Crippen molar-refractivity contribution in [3.05, 3.63) is 58.6 Å². The van der Waals surface area contributed by atoms with Gasteiger partial charge in [-0.2, -0.15) is 0 Å². The maximum atomic E-state index is 12.9. The Hall–Kier alpha value is -2.24. The second kappa shape index (κ2) is 7.79. The van der Waals surface area contributed by atoms with Gasteiger partial charge in [-0.3, -0.25) is 4.79 Å². The number of para-hydroxylation sites is 1. The van der Waals surface area contributed by atoms with Crippen LogP contribution >= 0.6 is 11.6 Å². The number of amides is 1. The minimum absolute atomic E-state index is 0.171. The van der Waals surface area contributed by atoms with E-state index >= 15 is 0 Å². The average molecular weight is 388 g/mol. The van der Waals surface area contributed by atoms with Crippen molar-refractivity contribution in [3.63, 3.8) is 0 Å². The molecular formula is C21H22ClNO4. The van der Waals surface area contributed by atoms with E-state index in [2.05, 4.69) is 5.32 Å². The van der Waals surface area contributed by atoms with Gasteiger partial charge in [-0.15, -0.1) is 0 Å². The van der Waals surface area contributed by atoms with Crippen molar-refractivity contribution in [3.8, 4) is 11.5 Å². The number of halogens is 1. The van der Waals surface area contributed by atoms with E-state index < -0.39 is 0 Å². The summed E-state index contributed by atoms with van der Waals surface area (Å²) >= 11 is 6.48. The standard InChI is InChI=1S/C21H22ClNO4/c22-17-6-2-1-5-16(17)21(8-10-25-11-9-21)14-23-20(24)15-4-3-7-18-19(15)27-13-12-26-18/h1-7H,8-14H2,(H,23,24). The van der Waals surface area contributed by atoms with Crippen LogP contribution in [0.4, 0.5) is 0 Å². The van der Waals surface area contributed by atoms with Crippen LogP contribution in [0.5, 0.6) is 11.5 Å². The van der Waals surface area contributed by atoms with Crippen LogP contribution in [0.3, 0.4) is 0 Å². The molecule has 142 valence electrons. The molecule has 1 saturated heterocycles. The molecule has 0 spiro atoms. The first kappa shape index (κ1) is 18.1. The number of carbonyl (C=O) groups excluding carboxylic acids is 1. The minimum atomic E-state index is -0.238. The van der Waals surface area contributed by atoms with Gasteiger partial charge >= 0.3 is 0 Å². The first-order chi connectivity index (χ1) is 13.2. The van der Waals surface area contributed by atoms with E-state index in [1.807, 2.05) is 30.3 Å². The SMILES string of the molecule is O=C(NCC1(c2ccccc2Cl)CCOCC1)c1cccc2c1OCCO2. The maximum Gasteiger partial charge on any atom is 0.255 e. The fourth-order valence-electron chi connectivity index (χ4n) is 3.79. The zero-order valence-electron chi connectivity index (χ0n) is 15.0. The third-order valence-corrected chi connectivity index (χ3v) is 5.62. The normalized spacial score (nSPS) is 18.0. The van der Waals surface area contributed by atoms with Crippen LogP contribution in [-0.2, 0) is 10.2 Å². The molecule has 0 saturated carbocycles. The van der Waals surface area contributed by atoms with Crippen molar-refractivity contribution >= 4 is 17.5 Å². The summed E-state index contributed by atoms with van der Waals surface area (Å²) in [4.78, 5) is 12.9. The van der Waals surface area contributed by atoms with Gasteiger partial charge in [0.05, 0.1) is 5.56 Å². The highest BCUT2D eigenvalue weighted by molar-refractivity contribution is 6.31. The second-order valence-electron chi connectivity index (χ2n) is 6.88. The maximum absolute atomic E-state index is 12.9. The molecule has 1 fully saturated rings. The lowest BCUT2D eigenvalue weighted by molar-refractivity contribution is 0.0487. The Morgan fingerprint density at radius 3 is 2.59 bits per heavy atom. The summed E-state index contributed by atoms with van der Waals surface area (Å²) in [7, 11) is 0. The Labute approximate surface area is 163 Å². The van der Waals surface area contributed by atoms with Gasteiger partial charge in [-0.05, 0) is 36.6 Å². The average Bonchev–Trinajstić information content (AvgIpc) is 2.72. The summed E-state index contributed by atoms with van der Waals surface area (Å²) in [5, 5.41) is 3.82. The third-order valence-electron chi connectivity index (χ3n) is 5.29. The molecule has 0 aromatic heterocycles. The predicted octanol–water partition coefficient (Wildman–Crippen LogP) is 3.59. The summed E-state index contributed by atoms with van der Waals surface area (Å²) in [6.45, 7) is 2.73. The number of hydrogen-bond donors (Lipinski definition) is 1. The zero-order chi connectivity index (χ0) is 18.7. The molecule has 5 nitrogen and oxygen atoms in total.